The number of unbranched alkanes of at least 4 members (excludes halogenated alkanes) is 1. The number of piperazine rings is 1. The Hall–Kier alpha value is -4.36. The molecule has 0 spiro atoms. The quantitative estimate of drug-likeness (QED) is 0.133. The largest absolute Gasteiger partial charge is 0.481 e. The molecule has 3 unspecified atom stereocenters. The number of nitrogens with one attached hydrogen (secondary N) is 1. The lowest BCUT2D eigenvalue weighted by molar-refractivity contribution is -0.384. The number of carbonyl (C=O) groups excluding carboxylic acids is 1. The molecule has 3 aromatic carbocycles. The summed E-state index contributed by atoms with van der Waals surface area (Å²) in [5, 5.41) is 32.2. The van der Waals surface area contributed by atoms with Gasteiger partial charge in [-0.1, -0.05) is 36.4 Å². The van der Waals surface area contributed by atoms with E-state index in [-0.39, 0.29) is 43.3 Å². The van der Waals surface area contributed by atoms with Gasteiger partial charge in [-0.2, -0.15) is 0 Å². The summed E-state index contributed by atoms with van der Waals surface area (Å²) in [6.07, 6.45) is 0.803. The smallest absolute Gasteiger partial charge is 0.303 e. The highest BCUT2D eigenvalue weighted by Crippen LogP contribution is 2.39. The van der Waals surface area contributed by atoms with Crippen LogP contribution in [-0.4, -0.2) is 70.7 Å². The number of non-ortho nitro benzene ring substituents is 1. The molecule has 244 valence electrons. The molecule has 1 amide bonds. The van der Waals surface area contributed by atoms with E-state index < -0.39 is 17.2 Å². The van der Waals surface area contributed by atoms with Crippen LogP contribution >= 0.6 is 0 Å². The van der Waals surface area contributed by atoms with E-state index in [1.807, 2.05) is 42.5 Å². The lowest BCUT2D eigenvalue weighted by atomic mass is 9.99. The minimum absolute atomic E-state index is 0.0376. The number of rotatable bonds is 13. The Kier molecular flexibility index (Phi) is 11.3. The minimum atomic E-state index is -0.869. The highest BCUT2D eigenvalue weighted by molar-refractivity contribution is 5.90. The summed E-state index contributed by atoms with van der Waals surface area (Å²) in [6, 6.07) is 21.8. The van der Waals surface area contributed by atoms with Crippen LogP contribution < -0.4 is 10.2 Å². The minimum Gasteiger partial charge on any atom is -0.481 e. The van der Waals surface area contributed by atoms with Gasteiger partial charge in [0.15, 0.2) is 6.29 Å². The van der Waals surface area contributed by atoms with E-state index in [2.05, 4.69) is 15.1 Å². The second-order valence-electron chi connectivity index (χ2n) is 11.7. The molecule has 0 bridgehead atoms. The number of aliphatic carboxylic acids is 1. The number of nitro groups is 1. The first kappa shape index (κ1) is 33.0. The highest BCUT2D eigenvalue weighted by Gasteiger charge is 2.34. The predicted octanol–water partition coefficient (Wildman–Crippen LogP) is 5.04. The third-order valence-electron chi connectivity index (χ3n) is 8.36. The second-order valence-corrected chi connectivity index (χ2v) is 11.7. The van der Waals surface area contributed by atoms with E-state index in [9.17, 15) is 24.8 Å². The summed E-state index contributed by atoms with van der Waals surface area (Å²) in [4.78, 5) is 38.4. The fraction of sp³-hybridized carbons (Fsp3) is 0.412. The van der Waals surface area contributed by atoms with Crippen LogP contribution in [0.2, 0.25) is 0 Å². The molecule has 2 heterocycles. The van der Waals surface area contributed by atoms with Crippen LogP contribution in [0.5, 0.6) is 0 Å². The Morgan fingerprint density at radius 2 is 1.63 bits per heavy atom. The van der Waals surface area contributed by atoms with Crippen LogP contribution in [0.4, 0.5) is 17.1 Å². The monoisotopic (exact) mass is 632 g/mol. The molecule has 2 saturated heterocycles. The van der Waals surface area contributed by atoms with E-state index in [0.29, 0.717) is 31.5 Å². The van der Waals surface area contributed by atoms with Crippen LogP contribution in [0.25, 0.3) is 0 Å². The first-order valence-electron chi connectivity index (χ1n) is 15.6. The van der Waals surface area contributed by atoms with Gasteiger partial charge in [-0.25, -0.2) is 0 Å². The summed E-state index contributed by atoms with van der Waals surface area (Å²) < 4.78 is 13.0. The molecule has 3 atom stereocenters. The van der Waals surface area contributed by atoms with Crippen molar-refractivity contribution in [2.45, 2.75) is 57.2 Å². The summed E-state index contributed by atoms with van der Waals surface area (Å²) in [5.74, 6) is -1.05. The first-order chi connectivity index (χ1) is 22.3. The van der Waals surface area contributed by atoms with Gasteiger partial charge in [0.2, 0.25) is 5.91 Å². The van der Waals surface area contributed by atoms with Crippen molar-refractivity contribution in [2.75, 3.05) is 42.9 Å². The molecule has 0 saturated carbocycles. The third-order valence-corrected chi connectivity index (χ3v) is 8.36. The Balaban J connectivity index is 1.24. The maximum Gasteiger partial charge on any atom is 0.303 e. The first-order valence-corrected chi connectivity index (χ1v) is 15.6. The molecule has 2 aliphatic heterocycles. The molecule has 2 fully saturated rings. The molecule has 0 radical (unpaired) electrons. The number of nitro benzene ring substituents is 1. The predicted molar refractivity (Wildman–Crippen MR) is 171 cm³/mol. The number of anilines is 2. The third kappa shape index (κ3) is 9.10. The number of aliphatic hydroxyl groups excluding tert-OH is 1. The van der Waals surface area contributed by atoms with Crippen LogP contribution in [0.3, 0.4) is 0 Å². The van der Waals surface area contributed by atoms with E-state index in [4.69, 9.17) is 14.6 Å². The number of hydrogen-bond donors (Lipinski definition) is 3. The van der Waals surface area contributed by atoms with Crippen molar-refractivity contribution >= 4 is 28.9 Å². The summed E-state index contributed by atoms with van der Waals surface area (Å²) in [6.45, 7) is 3.86. The van der Waals surface area contributed by atoms with Gasteiger partial charge in [0.1, 0.15) is 0 Å². The van der Waals surface area contributed by atoms with Crippen molar-refractivity contribution in [3.05, 3.63) is 99.6 Å². The lowest BCUT2D eigenvalue weighted by Crippen LogP contribution is -2.49. The molecular weight excluding hydrogens is 592 g/mol. The molecule has 12 nitrogen and oxygen atoms in total. The zero-order valence-electron chi connectivity index (χ0n) is 25.6. The molecule has 5 rings (SSSR count). The molecule has 3 aromatic rings. The Morgan fingerprint density at radius 1 is 0.913 bits per heavy atom. The number of ether oxygens (including phenoxy) is 2. The molecule has 12 heteroatoms. The van der Waals surface area contributed by atoms with Crippen LogP contribution in [0, 0.1) is 10.1 Å². The maximum atomic E-state index is 12.5. The van der Waals surface area contributed by atoms with Gasteiger partial charge in [-0.3, -0.25) is 24.6 Å². The van der Waals surface area contributed by atoms with Crippen LogP contribution in [0.1, 0.15) is 61.2 Å². The average Bonchev–Trinajstić information content (AvgIpc) is 3.07. The van der Waals surface area contributed by atoms with E-state index in [0.717, 1.165) is 48.6 Å². The topological polar surface area (TPSA) is 155 Å². The molecule has 0 aliphatic carbocycles. The van der Waals surface area contributed by atoms with E-state index in [1.54, 1.807) is 18.2 Å². The molecule has 46 heavy (non-hydrogen) atoms. The summed E-state index contributed by atoms with van der Waals surface area (Å²) in [7, 11) is 0. The van der Waals surface area contributed by atoms with Gasteiger partial charge < -0.3 is 29.9 Å². The van der Waals surface area contributed by atoms with Gasteiger partial charge >= 0.3 is 5.97 Å². The summed E-state index contributed by atoms with van der Waals surface area (Å²) >= 11 is 0. The number of benzene rings is 3. The van der Waals surface area contributed by atoms with Gasteiger partial charge in [-0.15, -0.1) is 0 Å². The SMILES string of the molecule is O=C(O)CCCCC(=O)Nc1cccc(C2OC(CN3CCN(c4ccc([N+](=O)[O-])cc4)CC3)CC(c3ccc(CO)cc3)O2)c1. The van der Waals surface area contributed by atoms with Crippen molar-refractivity contribution in [1.82, 2.24) is 4.90 Å². The summed E-state index contributed by atoms with van der Waals surface area (Å²) in [5.41, 5.74) is 4.24. The highest BCUT2D eigenvalue weighted by atomic mass is 16.7. The average molecular weight is 633 g/mol. The van der Waals surface area contributed by atoms with Crippen molar-refractivity contribution < 1.29 is 34.2 Å². The van der Waals surface area contributed by atoms with Gasteiger partial charge in [0, 0.05) is 81.1 Å². The van der Waals surface area contributed by atoms with Gasteiger partial charge in [0.05, 0.1) is 23.7 Å². The Bertz CT molecular complexity index is 1480. The Labute approximate surface area is 267 Å². The molecule has 0 aromatic heterocycles. The fourth-order valence-corrected chi connectivity index (χ4v) is 5.84. The molecular formula is C34H40N4O8. The standard InChI is InChI=1S/C34H40N4O8/c39-23-24-8-10-25(11-9-24)31-21-30(22-36-16-18-37(19-17-36)28-12-14-29(15-13-28)38(43)44)45-34(46-31)26-4-3-5-27(20-26)35-32(40)6-1-2-7-33(41)42/h3-5,8-15,20,30-31,34,39H,1-2,6-7,16-19,21-23H2,(H,35,40)(H,41,42). The van der Waals surface area contributed by atoms with Crippen molar-refractivity contribution in [2.24, 2.45) is 0 Å². The van der Waals surface area contributed by atoms with E-state index >= 15 is 0 Å². The zero-order valence-corrected chi connectivity index (χ0v) is 25.6. The maximum absolute atomic E-state index is 12.5. The number of hydrogen-bond acceptors (Lipinski definition) is 9. The van der Waals surface area contributed by atoms with Crippen LogP contribution in [-0.2, 0) is 25.7 Å². The van der Waals surface area contributed by atoms with Gasteiger partial charge in [0.25, 0.3) is 5.69 Å². The number of carboxylic acids is 1. The number of carbonyl (C=O) groups is 2. The lowest BCUT2D eigenvalue weighted by Gasteiger charge is -2.41. The van der Waals surface area contributed by atoms with E-state index in [1.165, 1.54) is 12.1 Å². The molecule has 2 aliphatic rings. The number of carboxylic acid groups (broad SMARTS) is 1. The molecule has 3 N–H and O–H groups in total. The zero-order chi connectivity index (χ0) is 32.5. The Morgan fingerprint density at radius 3 is 2.30 bits per heavy atom. The number of aliphatic hydroxyl groups is 1. The normalized spacial score (nSPS) is 20.3. The number of nitrogens with zero attached hydrogens (tertiary/aromatic N) is 3. The van der Waals surface area contributed by atoms with Crippen molar-refractivity contribution in [3.63, 3.8) is 0 Å². The van der Waals surface area contributed by atoms with Crippen molar-refractivity contribution in [1.29, 1.82) is 0 Å². The number of amides is 1. The fourth-order valence-electron chi connectivity index (χ4n) is 5.84. The van der Waals surface area contributed by atoms with Crippen molar-refractivity contribution in [3.8, 4) is 0 Å². The van der Waals surface area contributed by atoms with Gasteiger partial charge in [-0.05, 0) is 48.2 Å². The van der Waals surface area contributed by atoms with Crippen LogP contribution in [0.15, 0.2) is 72.8 Å². The second kappa shape index (κ2) is 15.8.